The normalized spacial score (nSPS) is 21.0. The molecule has 4 nitrogen and oxygen atoms in total. The predicted octanol–water partition coefficient (Wildman–Crippen LogP) is 2.13. The summed E-state index contributed by atoms with van der Waals surface area (Å²) in [7, 11) is 0. The van der Waals surface area contributed by atoms with Crippen LogP contribution in [0.25, 0.3) is 0 Å². The molecule has 116 valence electrons. The first-order chi connectivity index (χ1) is 10.1. The van der Waals surface area contributed by atoms with Gasteiger partial charge in [0.05, 0.1) is 18.6 Å². The maximum absolute atomic E-state index is 12.9. The quantitative estimate of drug-likeness (QED) is 0.846. The Morgan fingerprint density at radius 3 is 2.86 bits per heavy atom. The van der Waals surface area contributed by atoms with E-state index < -0.39 is 6.10 Å². The van der Waals surface area contributed by atoms with Crippen molar-refractivity contribution < 1.29 is 19.0 Å². The number of carbonyl (C=O) groups is 1. The Balaban J connectivity index is 1.89. The van der Waals surface area contributed by atoms with Crippen molar-refractivity contribution in [1.29, 1.82) is 0 Å². The zero-order valence-corrected chi connectivity index (χ0v) is 12.3. The van der Waals surface area contributed by atoms with Crippen LogP contribution in [0.15, 0.2) is 24.3 Å². The van der Waals surface area contributed by atoms with Crippen molar-refractivity contribution in [2.75, 3.05) is 26.2 Å². The number of esters is 1. The van der Waals surface area contributed by atoms with Crippen molar-refractivity contribution in [3.8, 4) is 0 Å². The standard InChI is InChI=1S/C16H22FNO3/c1-2-21-16(20)13-4-3-9-18(10-13)11-15(19)12-5-7-14(17)8-6-12/h5-8,13,15,19H,2-4,9-11H2,1H3/t13-,15+/m1/s1. The molecular weight excluding hydrogens is 273 g/mol. The van der Waals surface area contributed by atoms with Crippen LogP contribution in [-0.4, -0.2) is 42.2 Å². The van der Waals surface area contributed by atoms with Crippen molar-refractivity contribution >= 4 is 5.97 Å². The molecule has 21 heavy (non-hydrogen) atoms. The first kappa shape index (κ1) is 15.9. The molecule has 2 rings (SSSR count). The number of benzene rings is 1. The molecule has 0 unspecified atom stereocenters. The van der Waals surface area contributed by atoms with E-state index in [9.17, 15) is 14.3 Å². The molecular formula is C16H22FNO3. The van der Waals surface area contributed by atoms with Gasteiger partial charge in [0, 0.05) is 13.1 Å². The second-order valence-electron chi connectivity index (χ2n) is 5.42. The minimum Gasteiger partial charge on any atom is -0.466 e. The van der Waals surface area contributed by atoms with E-state index in [0.717, 1.165) is 19.4 Å². The Morgan fingerprint density at radius 2 is 2.19 bits per heavy atom. The lowest BCUT2D eigenvalue weighted by Crippen LogP contribution is -2.41. The fraction of sp³-hybridized carbons (Fsp3) is 0.562. The number of rotatable bonds is 5. The van der Waals surface area contributed by atoms with Gasteiger partial charge in [-0.2, -0.15) is 0 Å². The first-order valence-corrected chi connectivity index (χ1v) is 7.42. The Bertz CT molecular complexity index is 463. The van der Waals surface area contributed by atoms with E-state index in [2.05, 4.69) is 4.90 Å². The summed E-state index contributed by atoms with van der Waals surface area (Å²) in [5.74, 6) is -0.580. The summed E-state index contributed by atoms with van der Waals surface area (Å²) in [6.45, 7) is 4.11. The van der Waals surface area contributed by atoms with Crippen molar-refractivity contribution in [2.45, 2.75) is 25.9 Å². The largest absolute Gasteiger partial charge is 0.466 e. The Labute approximate surface area is 124 Å². The van der Waals surface area contributed by atoms with E-state index in [1.807, 2.05) is 0 Å². The van der Waals surface area contributed by atoms with Crippen LogP contribution in [0.1, 0.15) is 31.4 Å². The third-order valence-corrected chi connectivity index (χ3v) is 3.81. The van der Waals surface area contributed by atoms with Gasteiger partial charge in [0.2, 0.25) is 0 Å². The van der Waals surface area contributed by atoms with Gasteiger partial charge in [0.15, 0.2) is 0 Å². The van der Waals surface area contributed by atoms with Crippen LogP contribution >= 0.6 is 0 Å². The number of carbonyl (C=O) groups excluding carboxylic acids is 1. The second kappa shape index (κ2) is 7.52. The Hall–Kier alpha value is -1.46. The van der Waals surface area contributed by atoms with Crippen molar-refractivity contribution in [1.82, 2.24) is 4.90 Å². The molecule has 0 aliphatic carbocycles. The van der Waals surface area contributed by atoms with Crippen LogP contribution in [0.4, 0.5) is 4.39 Å². The summed E-state index contributed by atoms with van der Waals surface area (Å²) < 4.78 is 17.9. The number of halogens is 1. The molecule has 0 amide bonds. The highest BCUT2D eigenvalue weighted by molar-refractivity contribution is 5.72. The van der Waals surface area contributed by atoms with Crippen molar-refractivity contribution in [3.05, 3.63) is 35.6 Å². The molecule has 1 N–H and O–H groups in total. The lowest BCUT2D eigenvalue weighted by Gasteiger charge is -2.32. The van der Waals surface area contributed by atoms with Crippen LogP contribution in [0, 0.1) is 11.7 Å². The molecule has 1 aromatic rings. The number of aliphatic hydroxyl groups excluding tert-OH is 1. The Morgan fingerprint density at radius 1 is 1.48 bits per heavy atom. The number of β-amino-alcohol motifs (C(OH)–C–C–N with tert-alkyl or cyclic N) is 1. The van der Waals surface area contributed by atoms with Crippen molar-refractivity contribution in [2.24, 2.45) is 5.92 Å². The summed E-state index contributed by atoms with van der Waals surface area (Å²) >= 11 is 0. The van der Waals surface area contributed by atoms with E-state index >= 15 is 0 Å². The Kier molecular flexibility index (Phi) is 5.70. The topological polar surface area (TPSA) is 49.8 Å². The molecule has 1 heterocycles. The van der Waals surface area contributed by atoms with Gasteiger partial charge in [-0.05, 0) is 44.0 Å². The van der Waals surface area contributed by atoms with Crippen molar-refractivity contribution in [3.63, 3.8) is 0 Å². The number of hydrogen-bond acceptors (Lipinski definition) is 4. The first-order valence-electron chi connectivity index (χ1n) is 7.42. The summed E-state index contributed by atoms with van der Waals surface area (Å²) in [5, 5.41) is 10.2. The molecule has 5 heteroatoms. The highest BCUT2D eigenvalue weighted by Crippen LogP contribution is 2.21. The monoisotopic (exact) mass is 295 g/mol. The maximum Gasteiger partial charge on any atom is 0.310 e. The smallest absolute Gasteiger partial charge is 0.310 e. The van der Waals surface area contributed by atoms with Gasteiger partial charge in [0.25, 0.3) is 0 Å². The number of ether oxygens (including phenoxy) is 1. The average molecular weight is 295 g/mol. The molecule has 1 aromatic carbocycles. The van der Waals surface area contributed by atoms with Crippen LogP contribution in [-0.2, 0) is 9.53 Å². The molecule has 1 fully saturated rings. The van der Waals surface area contributed by atoms with Gasteiger partial charge < -0.3 is 9.84 Å². The third kappa shape index (κ3) is 4.51. The molecule has 0 aromatic heterocycles. The molecule has 0 spiro atoms. The van der Waals surface area contributed by atoms with Crippen LogP contribution in [0.3, 0.4) is 0 Å². The summed E-state index contributed by atoms with van der Waals surface area (Å²) in [5.41, 5.74) is 0.689. The highest BCUT2D eigenvalue weighted by Gasteiger charge is 2.27. The zero-order valence-electron chi connectivity index (χ0n) is 12.3. The van der Waals surface area contributed by atoms with Gasteiger partial charge in [-0.1, -0.05) is 12.1 Å². The summed E-state index contributed by atoms with van der Waals surface area (Å²) in [6, 6.07) is 5.87. The van der Waals surface area contributed by atoms with Gasteiger partial charge >= 0.3 is 5.97 Å². The summed E-state index contributed by atoms with van der Waals surface area (Å²) in [6.07, 6.45) is 1.08. The molecule has 0 radical (unpaired) electrons. The van der Waals surface area contributed by atoms with E-state index in [1.165, 1.54) is 12.1 Å². The summed E-state index contributed by atoms with van der Waals surface area (Å²) in [4.78, 5) is 13.9. The third-order valence-electron chi connectivity index (χ3n) is 3.81. The minimum absolute atomic E-state index is 0.112. The fourth-order valence-electron chi connectivity index (χ4n) is 2.71. The van der Waals surface area contributed by atoms with Gasteiger partial charge in [-0.15, -0.1) is 0 Å². The number of piperidine rings is 1. The molecule has 1 aliphatic heterocycles. The minimum atomic E-state index is -0.674. The maximum atomic E-state index is 12.9. The van der Waals surface area contributed by atoms with Gasteiger partial charge in [0.1, 0.15) is 5.82 Å². The number of hydrogen-bond donors (Lipinski definition) is 1. The van der Waals surface area contributed by atoms with E-state index in [0.29, 0.717) is 25.3 Å². The van der Waals surface area contributed by atoms with Gasteiger partial charge in [-0.3, -0.25) is 9.69 Å². The second-order valence-corrected chi connectivity index (χ2v) is 5.42. The van der Waals surface area contributed by atoms with Crippen LogP contribution in [0.5, 0.6) is 0 Å². The number of aliphatic hydroxyl groups is 1. The van der Waals surface area contributed by atoms with E-state index in [1.54, 1.807) is 19.1 Å². The SMILES string of the molecule is CCOC(=O)[C@@H]1CCCN(C[C@H](O)c2ccc(F)cc2)C1. The number of likely N-dealkylation sites (tertiary alicyclic amines) is 1. The molecule has 2 atom stereocenters. The highest BCUT2D eigenvalue weighted by atomic mass is 19.1. The fourth-order valence-corrected chi connectivity index (χ4v) is 2.71. The van der Waals surface area contributed by atoms with E-state index in [-0.39, 0.29) is 17.7 Å². The van der Waals surface area contributed by atoms with Crippen LogP contribution < -0.4 is 0 Å². The number of nitrogens with zero attached hydrogens (tertiary/aromatic N) is 1. The van der Waals surface area contributed by atoms with Crippen LogP contribution in [0.2, 0.25) is 0 Å². The molecule has 1 aliphatic rings. The average Bonchev–Trinajstić information content (AvgIpc) is 2.48. The van der Waals surface area contributed by atoms with Gasteiger partial charge in [-0.25, -0.2) is 4.39 Å². The van der Waals surface area contributed by atoms with E-state index in [4.69, 9.17) is 4.74 Å². The molecule has 0 saturated carbocycles. The predicted molar refractivity (Wildman–Crippen MR) is 77.2 cm³/mol. The lowest BCUT2D eigenvalue weighted by atomic mass is 9.97. The molecule has 1 saturated heterocycles. The lowest BCUT2D eigenvalue weighted by molar-refractivity contribution is -0.150. The molecule has 0 bridgehead atoms. The zero-order chi connectivity index (χ0) is 15.2.